The molecule has 0 aliphatic heterocycles. The summed E-state index contributed by atoms with van der Waals surface area (Å²) in [4.78, 5) is 33.1. The summed E-state index contributed by atoms with van der Waals surface area (Å²) in [6.45, 7) is 3.98. The van der Waals surface area contributed by atoms with E-state index in [1.165, 1.54) is 18.2 Å². The average molecular weight is 361 g/mol. The van der Waals surface area contributed by atoms with Crippen molar-refractivity contribution in [2.24, 2.45) is 0 Å². The van der Waals surface area contributed by atoms with Gasteiger partial charge < -0.3 is 5.32 Å². The molecular formula is C18H17ClN2O4. The molecule has 25 heavy (non-hydrogen) atoms. The number of nitro groups is 1. The molecule has 130 valence electrons. The number of rotatable bonds is 6. The van der Waals surface area contributed by atoms with Gasteiger partial charge in [0, 0.05) is 10.6 Å². The van der Waals surface area contributed by atoms with Crippen LogP contribution in [0, 0.1) is 24.0 Å². The van der Waals surface area contributed by atoms with Gasteiger partial charge in [0.1, 0.15) is 0 Å². The Labute approximate surface area is 150 Å². The van der Waals surface area contributed by atoms with Crippen molar-refractivity contribution in [1.29, 1.82) is 0 Å². The molecule has 0 aromatic heterocycles. The summed E-state index contributed by atoms with van der Waals surface area (Å²) in [6.07, 6.45) is 0.422. The normalized spacial score (nSPS) is 11.6. The van der Waals surface area contributed by atoms with E-state index in [1.54, 1.807) is 0 Å². The van der Waals surface area contributed by atoms with E-state index in [1.807, 2.05) is 32.0 Å². The first-order chi connectivity index (χ1) is 11.8. The number of hydrogen-bond acceptors (Lipinski definition) is 4. The maximum absolute atomic E-state index is 12.2. The van der Waals surface area contributed by atoms with Gasteiger partial charge in [-0.3, -0.25) is 19.7 Å². The molecule has 1 atom stereocenters. The molecule has 0 saturated carbocycles. The fourth-order valence-electron chi connectivity index (χ4n) is 2.39. The first-order valence-electron chi connectivity index (χ1n) is 7.56. The maximum Gasteiger partial charge on any atom is 0.293 e. The zero-order valence-corrected chi connectivity index (χ0v) is 14.5. The Morgan fingerprint density at radius 3 is 2.52 bits per heavy atom. The molecule has 0 bridgehead atoms. The molecule has 6 nitrogen and oxygen atoms in total. The van der Waals surface area contributed by atoms with E-state index >= 15 is 0 Å². The summed E-state index contributed by atoms with van der Waals surface area (Å²) < 4.78 is 0. The van der Waals surface area contributed by atoms with Gasteiger partial charge in [-0.1, -0.05) is 29.8 Å². The Hall–Kier alpha value is -2.73. The number of hydrogen-bond donors (Lipinski definition) is 1. The maximum atomic E-state index is 12.2. The van der Waals surface area contributed by atoms with Crippen LogP contribution in [0.1, 0.15) is 28.3 Å². The Morgan fingerprint density at radius 1 is 1.24 bits per heavy atom. The molecule has 0 spiro atoms. The first kappa shape index (κ1) is 18.6. The lowest BCUT2D eigenvalue weighted by molar-refractivity contribution is -0.511. The Balaban J connectivity index is 2.10. The molecule has 0 fully saturated rings. The number of anilines is 1. The molecule has 0 heterocycles. The van der Waals surface area contributed by atoms with E-state index in [4.69, 9.17) is 11.6 Å². The van der Waals surface area contributed by atoms with Crippen molar-refractivity contribution in [2.75, 3.05) is 5.32 Å². The van der Waals surface area contributed by atoms with Crippen LogP contribution in [0.15, 0.2) is 36.4 Å². The van der Waals surface area contributed by atoms with E-state index in [9.17, 15) is 19.7 Å². The van der Waals surface area contributed by atoms with E-state index in [0.29, 0.717) is 5.69 Å². The number of benzene rings is 2. The topological polar surface area (TPSA) is 89.3 Å². The summed E-state index contributed by atoms with van der Waals surface area (Å²) in [5, 5.41) is 13.6. The molecule has 2 aromatic rings. The van der Waals surface area contributed by atoms with Crippen LogP contribution in [0.25, 0.3) is 0 Å². The Morgan fingerprint density at radius 2 is 1.96 bits per heavy atom. The molecule has 1 unspecified atom stereocenters. The summed E-state index contributed by atoms with van der Waals surface area (Å²) in [5.41, 5.74) is 3.65. The second-order valence-corrected chi connectivity index (χ2v) is 6.15. The number of carbonyl (C=O) groups excluding carboxylic acids is 2. The predicted octanol–water partition coefficient (Wildman–Crippen LogP) is 3.65. The van der Waals surface area contributed by atoms with Gasteiger partial charge in [0.25, 0.3) is 6.04 Å². The lowest BCUT2D eigenvalue weighted by Gasteiger charge is -2.10. The number of carbonyl (C=O) groups is 2. The third-order valence-electron chi connectivity index (χ3n) is 3.89. The first-order valence-corrected chi connectivity index (χ1v) is 7.94. The fraction of sp³-hybridized carbons (Fsp3) is 0.222. The van der Waals surface area contributed by atoms with Gasteiger partial charge in [0.2, 0.25) is 5.91 Å². The number of amides is 1. The summed E-state index contributed by atoms with van der Waals surface area (Å²) in [7, 11) is 0. The Bertz CT molecular complexity index is 836. The number of aryl methyl sites for hydroxylation is 2. The third kappa shape index (κ3) is 4.64. The van der Waals surface area contributed by atoms with Crippen LogP contribution in [0.3, 0.4) is 0 Å². The Kier molecular flexibility index (Phi) is 5.88. The number of aldehydes is 1. The number of nitrogens with zero attached hydrogens (tertiary/aromatic N) is 1. The fourth-order valence-corrected chi connectivity index (χ4v) is 2.68. The van der Waals surface area contributed by atoms with E-state index in [0.717, 1.165) is 16.7 Å². The predicted molar refractivity (Wildman–Crippen MR) is 95.5 cm³/mol. The van der Waals surface area contributed by atoms with Crippen LogP contribution in [0.5, 0.6) is 0 Å². The van der Waals surface area contributed by atoms with Crippen LogP contribution >= 0.6 is 11.6 Å². The van der Waals surface area contributed by atoms with Crippen molar-refractivity contribution >= 4 is 29.5 Å². The number of nitrogens with one attached hydrogen (secondary N) is 1. The highest BCUT2D eigenvalue weighted by Crippen LogP contribution is 2.27. The highest BCUT2D eigenvalue weighted by atomic mass is 35.5. The summed E-state index contributed by atoms with van der Waals surface area (Å²) in [5.74, 6) is -0.228. The molecule has 0 saturated heterocycles. The second kappa shape index (κ2) is 7.90. The third-order valence-corrected chi connectivity index (χ3v) is 4.22. The van der Waals surface area contributed by atoms with Crippen LogP contribution in [0.4, 0.5) is 5.69 Å². The van der Waals surface area contributed by atoms with Gasteiger partial charge in [-0.15, -0.1) is 0 Å². The van der Waals surface area contributed by atoms with Gasteiger partial charge in [-0.05, 0) is 48.7 Å². The lowest BCUT2D eigenvalue weighted by atomic mass is 10.0. The minimum atomic E-state index is -1.52. The minimum Gasteiger partial charge on any atom is -0.326 e. The van der Waals surface area contributed by atoms with Crippen LogP contribution in [0.2, 0.25) is 5.02 Å². The zero-order chi connectivity index (χ0) is 18.6. The SMILES string of the molecule is Cc1ccc(CC(=O)Nc2ccc(C(C=O)[N+](=O)[O-])c(Cl)c2)cc1C. The molecule has 0 aliphatic carbocycles. The van der Waals surface area contributed by atoms with Crippen molar-refractivity contribution in [3.63, 3.8) is 0 Å². The summed E-state index contributed by atoms with van der Waals surface area (Å²) in [6, 6.07) is 8.54. The molecule has 1 N–H and O–H groups in total. The number of halogens is 1. The second-order valence-electron chi connectivity index (χ2n) is 5.75. The lowest BCUT2D eigenvalue weighted by Crippen LogP contribution is -2.15. The molecule has 7 heteroatoms. The van der Waals surface area contributed by atoms with Crippen LogP contribution in [-0.4, -0.2) is 17.1 Å². The van der Waals surface area contributed by atoms with Crippen LogP contribution < -0.4 is 5.32 Å². The smallest absolute Gasteiger partial charge is 0.293 e. The quantitative estimate of drug-likeness (QED) is 0.483. The van der Waals surface area contributed by atoms with Crippen molar-refractivity contribution in [3.05, 3.63) is 73.8 Å². The van der Waals surface area contributed by atoms with E-state index in [2.05, 4.69) is 5.32 Å². The molecule has 2 rings (SSSR count). The van der Waals surface area contributed by atoms with Gasteiger partial charge in [0.15, 0.2) is 6.29 Å². The zero-order valence-electron chi connectivity index (χ0n) is 13.8. The standard InChI is InChI=1S/C18H17ClN2O4/c1-11-3-4-13(7-12(11)2)8-18(23)20-14-5-6-15(16(19)9-14)17(10-22)21(24)25/h3-7,9-10,17H,8H2,1-2H3,(H,20,23). The van der Waals surface area contributed by atoms with Crippen molar-refractivity contribution < 1.29 is 14.5 Å². The minimum absolute atomic E-state index is 0.0535. The van der Waals surface area contributed by atoms with Gasteiger partial charge >= 0.3 is 0 Å². The monoisotopic (exact) mass is 360 g/mol. The van der Waals surface area contributed by atoms with Crippen molar-refractivity contribution in [3.8, 4) is 0 Å². The van der Waals surface area contributed by atoms with E-state index < -0.39 is 11.0 Å². The molecule has 0 aliphatic rings. The molecule has 2 aromatic carbocycles. The van der Waals surface area contributed by atoms with Crippen molar-refractivity contribution in [2.45, 2.75) is 26.3 Å². The van der Waals surface area contributed by atoms with Crippen LogP contribution in [-0.2, 0) is 16.0 Å². The largest absolute Gasteiger partial charge is 0.326 e. The average Bonchev–Trinajstić information content (AvgIpc) is 2.53. The van der Waals surface area contributed by atoms with E-state index in [-0.39, 0.29) is 29.2 Å². The molecular weight excluding hydrogens is 344 g/mol. The van der Waals surface area contributed by atoms with Crippen molar-refractivity contribution in [1.82, 2.24) is 0 Å². The highest BCUT2D eigenvalue weighted by molar-refractivity contribution is 6.31. The highest BCUT2D eigenvalue weighted by Gasteiger charge is 2.24. The van der Waals surface area contributed by atoms with Gasteiger partial charge in [-0.25, -0.2) is 0 Å². The van der Waals surface area contributed by atoms with Gasteiger partial charge in [0.05, 0.1) is 17.0 Å². The molecule has 1 amide bonds. The van der Waals surface area contributed by atoms with Gasteiger partial charge in [-0.2, -0.15) is 0 Å². The summed E-state index contributed by atoms with van der Waals surface area (Å²) >= 11 is 6.01. The molecule has 0 radical (unpaired) electrons.